The molecule has 0 saturated carbocycles. The molecule has 2 aliphatic rings. The topological polar surface area (TPSA) is 36.7 Å². The number of hydrogen-bond donors (Lipinski definition) is 0. The molecule has 110 valence electrons. The monoisotopic (exact) mass is 276 g/mol. The van der Waals surface area contributed by atoms with E-state index in [0.717, 1.165) is 19.1 Å². The van der Waals surface area contributed by atoms with Crippen LogP contribution in [0.1, 0.15) is 42.7 Å². The molecule has 0 unspecified atom stereocenters. The number of piperidine rings is 2. The van der Waals surface area contributed by atoms with E-state index in [2.05, 4.69) is 9.80 Å². The molecular weight excluding hydrogens is 252 g/mol. The van der Waals surface area contributed by atoms with Crippen molar-refractivity contribution in [3.8, 4) is 0 Å². The van der Waals surface area contributed by atoms with Gasteiger partial charge in [0.05, 0.1) is 12.8 Å². The maximum atomic E-state index is 12.0. The minimum Gasteiger partial charge on any atom is -0.461 e. The van der Waals surface area contributed by atoms with Gasteiger partial charge in [0.2, 0.25) is 5.78 Å². The number of carbonyl (C=O) groups is 1. The number of carbonyl (C=O) groups excluding carboxylic acids is 1. The Bertz CT molecular complexity index is 416. The van der Waals surface area contributed by atoms with Crippen LogP contribution in [0.5, 0.6) is 0 Å². The first-order valence-electron chi connectivity index (χ1n) is 7.86. The highest BCUT2D eigenvalue weighted by Gasteiger charge is 2.26. The SMILES string of the molecule is O=C(CN1CCC(N2CCCCC2)CC1)c1ccco1. The van der Waals surface area contributed by atoms with E-state index in [1.54, 1.807) is 18.4 Å². The third-order valence-corrected chi connectivity index (χ3v) is 4.63. The molecule has 0 amide bonds. The number of likely N-dealkylation sites (tertiary alicyclic amines) is 2. The zero-order valence-electron chi connectivity index (χ0n) is 12.1. The first-order valence-corrected chi connectivity index (χ1v) is 7.86. The van der Waals surface area contributed by atoms with Crippen LogP contribution in [0.25, 0.3) is 0 Å². The number of rotatable bonds is 4. The molecule has 0 radical (unpaired) electrons. The Labute approximate surface area is 120 Å². The van der Waals surface area contributed by atoms with E-state index in [0.29, 0.717) is 12.3 Å². The van der Waals surface area contributed by atoms with Crippen molar-refractivity contribution in [3.63, 3.8) is 0 Å². The second-order valence-electron chi connectivity index (χ2n) is 6.00. The summed E-state index contributed by atoms with van der Waals surface area (Å²) in [6, 6.07) is 4.27. The van der Waals surface area contributed by atoms with Gasteiger partial charge >= 0.3 is 0 Å². The summed E-state index contributed by atoms with van der Waals surface area (Å²) in [5.41, 5.74) is 0. The van der Waals surface area contributed by atoms with E-state index in [1.807, 2.05) is 0 Å². The molecule has 2 saturated heterocycles. The third-order valence-electron chi connectivity index (χ3n) is 4.63. The lowest BCUT2D eigenvalue weighted by molar-refractivity contribution is 0.0757. The normalized spacial score (nSPS) is 23.0. The van der Waals surface area contributed by atoms with Gasteiger partial charge < -0.3 is 9.32 Å². The summed E-state index contributed by atoms with van der Waals surface area (Å²) in [5, 5.41) is 0. The molecule has 4 heteroatoms. The molecule has 4 nitrogen and oxygen atoms in total. The van der Waals surface area contributed by atoms with Crippen LogP contribution in [-0.2, 0) is 0 Å². The Morgan fingerprint density at radius 2 is 1.90 bits per heavy atom. The van der Waals surface area contributed by atoms with E-state index in [4.69, 9.17) is 4.42 Å². The van der Waals surface area contributed by atoms with E-state index in [-0.39, 0.29) is 5.78 Å². The Kier molecular flexibility index (Phi) is 4.53. The Balaban J connectivity index is 1.45. The van der Waals surface area contributed by atoms with Crippen LogP contribution in [0, 0.1) is 0 Å². The van der Waals surface area contributed by atoms with Gasteiger partial charge in [-0.2, -0.15) is 0 Å². The van der Waals surface area contributed by atoms with E-state index in [1.165, 1.54) is 45.2 Å². The van der Waals surface area contributed by atoms with Crippen LogP contribution in [0.3, 0.4) is 0 Å². The number of hydrogen-bond acceptors (Lipinski definition) is 4. The van der Waals surface area contributed by atoms with Crippen molar-refractivity contribution in [3.05, 3.63) is 24.2 Å². The minimum atomic E-state index is 0.103. The summed E-state index contributed by atoms with van der Waals surface area (Å²) in [6.45, 7) is 5.12. The average molecular weight is 276 g/mol. The number of furan rings is 1. The molecule has 1 aromatic heterocycles. The quantitative estimate of drug-likeness (QED) is 0.791. The predicted octanol–water partition coefficient (Wildman–Crippen LogP) is 2.41. The van der Waals surface area contributed by atoms with Crippen LogP contribution < -0.4 is 0 Å². The van der Waals surface area contributed by atoms with Gasteiger partial charge in [-0.25, -0.2) is 0 Å². The van der Waals surface area contributed by atoms with Gasteiger partial charge in [-0.05, 0) is 50.9 Å². The van der Waals surface area contributed by atoms with Crippen molar-refractivity contribution < 1.29 is 9.21 Å². The molecule has 0 aliphatic carbocycles. The maximum absolute atomic E-state index is 12.0. The molecule has 0 N–H and O–H groups in total. The fourth-order valence-corrected chi connectivity index (χ4v) is 3.44. The van der Waals surface area contributed by atoms with E-state index >= 15 is 0 Å². The van der Waals surface area contributed by atoms with Gasteiger partial charge in [0.25, 0.3) is 0 Å². The summed E-state index contributed by atoms with van der Waals surface area (Å²) in [4.78, 5) is 16.9. The van der Waals surface area contributed by atoms with Gasteiger partial charge in [0.1, 0.15) is 0 Å². The van der Waals surface area contributed by atoms with Crippen molar-refractivity contribution >= 4 is 5.78 Å². The fraction of sp³-hybridized carbons (Fsp3) is 0.688. The Hall–Kier alpha value is -1.13. The van der Waals surface area contributed by atoms with Crippen LogP contribution >= 0.6 is 0 Å². The van der Waals surface area contributed by atoms with Gasteiger partial charge in [0.15, 0.2) is 5.76 Å². The first-order chi connectivity index (χ1) is 9.83. The molecule has 2 aliphatic heterocycles. The van der Waals surface area contributed by atoms with Crippen molar-refractivity contribution in [1.29, 1.82) is 0 Å². The van der Waals surface area contributed by atoms with Crippen molar-refractivity contribution in [1.82, 2.24) is 9.80 Å². The number of ketones is 1. The summed E-state index contributed by atoms with van der Waals surface area (Å²) >= 11 is 0. The molecule has 1 aromatic rings. The van der Waals surface area contributed by atoms with E-state index in [9.17, 15) is 4.79 Å². The average Bonchev–Trinajstić information content (AvgIpc) is 3.03. The molecular formula is C16H24N2O2. The van der Waals surface area contributed by atoms with Crippen molar-refractivity contribution in [2.75, 3.05) is 32.7 Å². The van der Waals surface area contributed by atoms with Crippen LogP contribution in [-0.4, -0.2) is 54.3 Å². The molecule has 0 spiro atoms. The van der Waals surface area contributed by atoms with Gasteiger partial charge in [0, 0.05) is 19.1 Å². The Morgan fingerprint density at radius 1 is 1.15 bits per heavy atom. The van der Waals surface area contributed by atoms with Crippen molar-refractivity contribution in [2.24, 2.45) is 0 Å². The molecule has 3 heterocycles. The van der Waals surface area contributed by atoms with Crippen LogP contribution in [0.2, 0.25) is 0 Å². The maximum Gasteiger partial charge on any atom is 0.211 e. The smallest absolute Gasteiger partial charge is 0.211 e. The highest BCUT2D eigenvalue weighted by Crippen LogP contribution is 2.21. The highest BCUT2D eigenvalue weighted by molar-refractivity contribution is 5.94. The van der Waals surface area contributed by atoms with Gasteiger partial charge in [-0.3, -0.25) is 9.69 Å². The van der Waals surface area contributed by atoms with E-state index < -0.39 is 0 Å². The largest absolute Gasteiger partial charge is 0.461 e. The zero-order chi connectivity index (χ0) is 13.8. The molecule has 0 aromatic carbocycles. The first kappa shape index (κ1) is 13.8. The van der Waals surface area contributed by atoms with Crippen LogP contribution in [0.4, 0.5) is 0 Å². The molecule has 2 fully saturated rings. The molecule has 20 heavy (non-hydrogen) atoms. The van der Waals surface area contributed by atoms with Gasteiger partial charge in [-0.1, -0.05) is 6.42 Å². The summed E-state index contributed by atoms with van der Waals surface area (Å²) < 4.78 is 5.17. The third kappa shape index (κ3) is 3.30. The standard InChI is InChI=1S/C16H24N2O2/c19-15(16-5-4-12-20-16)13-17-10-6-14(7-11-17)18-8-2-1-3-9-18/h4-5,12,14H,1-3,6-11,13H2. The second kappa shape index (κ2) is 6.55. The zero-order valence-corrected chi connectivity index (χ0v) is 12.1. The highest BCUT2D eigenvalue weighted by atomic mass is 16.3. The predicted molar refractivity (Wildman–Crippen MR) is 77.9 cm³/mol. The molecule has 0 atom stereocenters. The lowest BCUT2D eigenvalue weighted by Crippen LogP contribution is -2.47. The van der Waals surface area contributed by atoms with Crippen molar-refractivity contribution in [2.45, 2.75) is 38.1 Å². The summed E-state index contributed by atoms with van der Waals surface area (Å²) in [7, 11) is 0. The second-order valence-corrected chi connectivity index (χ2v) is 6.00. The van der Waals surface area contributed by atoms with Crippen LogP contribution in [0.15, 0.2) is 22.8 Å². The lowest BCUT2D eigenvalue weighted by atomic mass is 10.00. The molecule has 3 rings (SSSR count). The summed E-state index contributed by atoms with van der Waals surface area (Å²) in [5.74, 6) is 0.592. The summed E-state index contributed by atoms with van der Waals surface area (Å²) in [6.07, 6.45) is 8.08. The van der Waals surface area contributed by atoms with Gasteiger partial charge in [-0.15, -0.1) is 0 Å². The number of nitrogens with zero attached hydrogens (tertiary/aromatic N) is 2. The Morgan fingerprint density at radius 3 is 2.55 bits per heavy atom. The minimum absolute atomic E-state index is 0.103. The fourth-order valence-electron chi connectivity index (χ4n) is 3.44. The number of Topliss-reactive ketones (excluding diaryl/α,β-unsaturated/α-hetero) is 1. The molecule has 0 bridgehead atoms. The lowest BCUT2D eigenvalue weighted by Gasteiger charge is -2.40.